The molecule has 0 atom stereocenters. The van der Waals surface area contributed by atoms with Crippen LogP contribution in [-0.2, 0) is 19.3 Å². The lowest BCUT2D eigenvalue weighted by molar-refractivity contribution is -0.138. The molecule has 1 saturated heterocycles. The first-order valence-corrected chi connectivity index (χ1v) is 14.8. The van der Waals surface area contributed by atoms with Gasteiger partial charge in [0.2, 0.25) is 0 Å². The molecule has 1 fully saturated rings. The van der Waals surface area contributed by atoms with Crippen molar-refractivity contribution in [1.29, 1.82) is 0 Å². The Labute approximate surface area is 258 Å². The normalized spacial score (nSPS) is 13.5. The van der Waals surface area contributed by atoms with E-state index in [0.717, 1.165) is 55.5 Å². The van der Waals surface area contributed by atoms with Crippen molar-refractivity contribution in [1.82, 2.24) is 24.1 Å². The van der Waals surface area contributed by atoms with Gasteiger partial charge in [0.05, 0.1) is 29.3 Å². The number of halogens is 3. The number of nitrogens with zero attached hydrogens (tertiary/aromatic N) is 5. The van der Waals surface area contributed by atoms with Crippen LogP contribution in [0.25, 0.3) is 5.65 Å². The Morgan fingerprint density at radius 3 is 2.60 bits per heavy atom. The lowest BCUT2D eigenvalue weighted by atomic mass is 10.0. The molecule has 230 valence electrons. The molecule has 3 aromatic heterocycles. The quantitative estimate of drug-likeness (QED) is 0.197. The SMILES string of the molecule is CCn1cc(Nc2cccn3c(C#Cc4cc(C(=O)Nc5ccc(CN6CCCC6)c(C(F)(F)F)c5)ccc4C)cnc23)cn1. The number of aryl methyl sites for hydroxylation is 2. The largest absolute Gasteiger partial charge is 0.416 e. The number of aromatic nitrogens is 4. The Balaban J connectivity index is 1.21. The summed E-state index contributed by atoms with van der Waals surface area (Å²) in [7, 11) is 0. The molecular weight excluding hydrogens is 579 g/mol. The van der Waals surface area contributed by atoms with Crippen molar-refractivity contribution < 1.29 is 18.0 Å². The van der Waals surface area contributed by atoms with Gasteiger partial charge >= 0.3 is 6.18 Å². The number of hydrogen-bond donors (Lipinski definition) is 2. The van der Waals surface area contributed by atoms with Crippen LogP contribution < -0.4 is 10.6 Å². The number of carbonyl (C=O) groups is 1. The number of imidazole rings is 1. The van der Waals surface area contributed by atoms with Crippen molar-refractivity contribution in [3.63, 3.8) is 0 Å². The molecule has 0 spiro atoms. The number of rotatable bonds is 7. The molecule has 0 aliphatic carbocycles. The van der Waals surface area contributed by atoms with E-state index in [-0.39, 0.29) is 23.4 Å². The standard InChI is InChI=1S/C34H32F3N7O/c1-3-43-22-28(19-39-43)40-31-7-6-16-44-29(20-38-32(31)44)13-11-24-17-25(9-8-23(24)2)33(45)41-27-12-10-26(21-42-14-4-5-15-42)30(18-27)34(35,36)37/h6-10,12,16-20,22,40H,3-5,14-15,21H2,1-2H3,(H,41,45). The Hall–Kier alpha value is -5.08. The van der Waals surface area contributed by atoms with Crippen LogP contribution in [0.15, 0.2) is 73.3 Å². The van der Waals surface area contributed by atoms with Crippen LogP contribution in [0.1, 0.15) is 58.1 Å². The number of likely N-dealkylation sites (tertiary alicyclic amines) is 1. The number of alkyl halides is 3. The fourth-order valence-corrected chi connectivity index (χ4v) is 5.43. The molecule has 1 aliphatic heterocycles. The molecule has 0 bridgehead atoms. The van der Waals surface area contributed by atoms with Crippen molar-refractivity contribution in [2.24, 2.45) is 0 Å². The van der Waals surface area contributed by atoms with Gasteiger partial charge in [0.1, 0.15) is 5.69 Å². The van der Waals surface area contributed by atoms with E-state index < -0.39 is 17.6 Å². The zero-order valence-electron chi connectivity index (χ0n) is 24.9. The van der Waals surface area contributed by atoms with Crippen molar-refractivity contribution in [2.75, 3.05) is 23.7 Å². The number of amides is 1. The molecule has 45 heavy (non-hydrogen) atoms. The molecule has 0 unspecified atom stereocenters. The van der Waals surface area contributed by atoms with Crippen LogP contribution in [-0.4, -0.2) is 43.1 Å². The van der Waals surface area contributed by atoms with E-state index in [2.05, 4.69) is 32.6 Å². The first-order chi connectivity index (χ1) is 21.7. The summed E-state index contributed by atoms with van der Waals surface area (Å²) in [5, 5.41) is 10.3. The van der Waals surface area contributed by atoms with Crippen molar-refractivity contribution >= 4 is 28.6 Å². The minimum Gasteiger partial charge on any atom is -0.350 e. The van der Waals surface area contributed by atoms with E-state index in [4.69, 9.17) is 0 Å². The third-order valence-corrected chi connectivity index (χ3v) is 7.86. The van der Waals surface area contributed by atoms with Gasteiger partial charge in [-0.05, 0) is 93.2 Å². The highest BCUT2D eigenvalue weighted by Crippen LogP contribution is 2.35. The highest BCUT2D eigenvalue weighted by molar-refractivity contribution is 6.04. The molecule has 11 heteroatoms. The van der Waals surface area contributed by atoms with E-state index in [9.17, 15) is 18.0 Å². The number of benzene rings is 2. The van der Waals surface area contributed by atoms with Crippen molar-refractivity contribution in [2.45, 2.75) is 46.0 Å². The summed E-state index contributed by atoms with van der Waals surface area (Å²) in [4.78, 5) is 19.7. The lowest BCUT2D eigenvalue weighted by Crippen LogP contribution is -2.21. The molecular formula is C34H32F3N7O. The molecule has 2 aromatic carbocycles. The smallest absolute Gasteiger partial charge is 0.350 e. The second kappa shape index (κ2) is 12.5. The predicted molar refractivity (Wildman–Crippen MR) is 167 cm³/mol. The van der Waals surface area contributed by atoms with E-state index >= 15 is 0 Å². The number of hydrogen-bond acceptors (Lipinski definition) is 5. The van der Waals surface area contributed by atoms with Gasteiger partial charge in [-0.15, -0.1) is 0 Å². The number of carbonyl (C=O) groups excluding carboxylic acids is 1. The van der Waals surface area contributed by atoms with Crippen molar-refractivity contribution in [3.8, 4) is 11.8 Å². The monoisotopic (exact) mass is 611 g/mol. The Kier molecular flexibility index (Phi) is 8.32. The summed E-state index contributed by atoms with van der Waals surface area (Å²) in [6.45, 7) is 6.47. The second-order valence-electron chi connectivity index (χ2n) is 11.1. The third kappa shape index (κ3) is 6.71. The fourth-order valence-electron chi connectivity index (χ4n) is 5.43. The third-order valence-electron chi connectivity index (χ3n) is 7.86. The average molecular weight is 612 g/mol. The maximum Gasteiger partial charge on any atom is 0.416 e. The van der Waals surface area contributed by atoms with Crippen molar-refractivity contribution in [3.05, 3.63) is 107 Å². The summed E-state index contributed by atoms with van der Waals surface area (Å²) >= 11 is 0. The van der Waals surface area contributed by atoms with Gasteiger partial charge in [-0.3, -0.25) is 18.8 Å². The molecule has 1 aliphatic rings. The van der Waals surface area contributed by atoms with Crippen LogP contribution in [0.4, 0.5) is 30.2 Å². The van der Waals surface area contributed by atoms with Crippen LogP contribution in [0.2, 0.25) is 0 Å². The van der Waals surface area contributed by atoms with Gasteiger partial charge in [0.15, 0.2) is 5.65 Å². The minimum absolute atomic E-state index is 0.0860. The van der Waals surface area contributed by atoms with Gasteiger partial charge in [-0.2, -0.15) is 18.3 Å². The molecule has 6 rings (SSSR count). The molecule has 1 amide bonds. The summed E-state index contributed by atoms with van der Waals surface area (Å²) in [6, 6.07) is 12.9. The maximum atomic E-state index is 13.9. The fraction of sp³-hybridized carbons (Fsp3) is 0.265. The summed E-state index contributed by atoms with van der Waals surface area (Å²) in [6.07, 6.45) is 4.66. The molecule has 0 saturated carbocycles. The average Bonchev–Trinajstić information content (AvgIpc) is 3.79. The highest BCUT2D eigenvalue weighted by Gasteiger charge is 2.34. The summed E-state index contributed by atoms with van der Waals surface area (Å²) in [5.74, 6) is 5.77. The molecule has 8 nitrogen and oxygen atoms in total. The van der Waals surface area contributed by atoms with E-state index in [1.165, 1.54) is 12.1 Å². The zero-order chi connectivity index (χ0) is 31.6. The highest BCUT2D eigenvalue weighted by atomic mass is 19.4. The predicted octanol–water partition coefficient (Wildman–Crippen LogP) is 6.87. The Morgan fingerprint density at radius 1 is 1.02 bits per heavy atom. The first kappa shape index (κ1) is 30.0. The molecule has 2 N–H and O–H groups in total. The van der Waals surface area contributed by atoms with Gasteiger partial charge in [-0.25, -0.2) is 4.98 Å². The van der Waals surface area contributed by atoms with Crippen LogP contribution in [0.5, 0.6) is 0 Å². The van der Waals surface area contributed by atoms with Crippen LogP contribution >= 0.6 is 0 Å². The Morgan fingerprint density at radius 2 is 1.84 bits per heavy atom. The first-order valence-electron chi connectivity index (χ1n) is 14.8. The zero-order valence-corrected chi connectivity index (χ0v) is 24.9. The van der Waals surface area contributed by atoms with Crippen LogP contribution in [0.3, 0.4) is 0 Å². The molecule has 4 heterocycles. The number of fused-ring (bicyclic) bond motifs is 1. The number of anilines is 3. The van der Waals surface area contributed by atoms with E-state index in [1.807, 2.05) is 52.4 Å². The van der Waals surface area contributed by atoms with E-state index in [1.54, 1.807) is 30.6 Å². The maximum absolute atomic E-state index is 13.9. The number of nitrogens with one attached hydrogen (secondary N) is 2. The summed E-state index contributed by atoms with van der Waals surface area (Å²) < 4.78 is 45.5. The Bertz CT molecular complexity index is 1920. The number of pyridine rings is 1. The lowest BCUT2D eigenvalue weighted by Gasteiger charge is -2.20. The van der Waals surface area contributed by atoms with Gasteiger partial charge < -0.3 is 10.6 Å². The van der Waals surface area contributed by atoms with Gasteiger partial charge in [0.25, 0.3) is 5.91 Å². The minimum atomic E-state index is -4.53. The van der Waals surface area contributed by atoms with Gasteiger partial charge in [-0.1, -0.05) is 18.1 Å². The van der Waals surface area contributed by atoms with Crippen LogP contribution in [0, 0.1) is 18.8 Å². The molecule has 5 aromatic rings. The topological polar surface area (TPSA) is 79.5 Å². The molecule has 0 radical (unpaired) electrons. The summed E-state index contributed by atoms with van der Waals surface area (Å²) in [5.41, 5.74) is 4.32. The van der Waals surface area contributed by atoms with Gasteiger partial charge in [0, 0.05) is 42.3 Å². The second-order valence-corrected chi connectivity index (χ2v) is 11.1. The van der Waals surface area contributed by atoms with E-state index in [0.29, 0.717) is 16.9 Å².